The fraction of sp³-hybridized carbons (Fsp3) is 0.808. The fourth-order valence-electron chi connectivity index (χ4n) is 5.35. The third-order valence-electron chi connectivity index (χ3n) is 7.02. The van der Waals surface area contributed by atoms with Gasteiger partial charge < -0.3 is 20.1 Å². The van der Waals surface area contributed by atoms with Crippen molar-refractivity contribution in [1.82, 2.24) is 21.3 Å². The Labute approximate surface area is 230 Å². The van der Waals surface area contributed by atoms with Gasteiger partial charge in [0.2, 0.25) is 17.8 Å². The number of hydrogen-bond acceptors (Lipinski definition) is 7. The van der Waals surface area contributed by atoms with Crippen LogP contribution in [0.2, 0.25) is 0 Å². The van der Waals surface area contributed by atoms with Crippen molar-refractivity contribution in [1.29, 1.82) is 0 Å². The molecule has 0 aliphatic heterocycles. The largest absolute Gasteiger partial charge is 0.450 e. The Hall–Kier alpha value is -2.56. The average molecular weight is 558 g/mol. The van der Waals surface area contributed by atoms with Gasteiger partial charge in [-0.3, -0.25) is 20.2 Å². The number of halogens is 1. The highest BCUT2D eigenvalue weighted by Crippen LogP contribution is 2.34. The molecule has 0 aromatic heterocycles. The van der Waals surface area contributed by atoms with Crippen molar-refractivity contribution in [3.8, 4) is 0 Å². The van der Waals surface area contributed by atoms with Gasteiger partial charge in [-0.05, 0) is 70.6 Å². The minimum Gasteiger partial charge on any atom is -0.450 e. The second-order valence-corrected chi connectivity index (χ2v) is 10.8. The minimum atomic E-state index is -0.756. The first-order chi connectivity index (χ1) is 18.1. The first kappa shape index (κ1) is 31.7. The fourth-order valence-corrected chi connectivity index (χ4v) is 5.88. The third-order valence-corrected chi connectivity index (χ3v) is 7.38. The van der Waals surface area contributed by atoms with Crippen molar-refractivity contribution >= 4 is 41.6 Å². The van der Waals surface area contributed by atoms with Crippen molar-refractivity contribution < 1.29 is 28.7 Å². The van der Waals surface area contributed by atoms with E-state index in [1.54, 1.807) is 13.8 Å². The molecule has 0 radical (unpaired) electrons. The predicted molar refractivity (Wildman–Crippen MR) is 145 cm³/mol. The number of aliphatic imine (C=N–C) groups is 1. The van der Waals surface area contributed by atoms with Crippen LogP contribution in [0.1, 0.15) is 79.1 Å². The van der Waals surface area contributed by atoms with E-state index in [9.17, 15) is 19.2 Å². The lowest BCUT2D eigenvalue weighted by Crippen LogP contribution is -2.48. The number of alkyl halides is 1. The highest BCUT2D eigenvalue weighted by atomic mass is 35.5. The quantitative estimate of drug-likeness (QED) is 0.194. The maximum atomic E-state index is 12.9. The summed E-state index contributed by atoms with van der Waals surface area (Å²) >= 11 is 6.42. The number of nitrogens with one attached hydrogen (secondary N) is 4. The normalized spacial score (nSPS) is 25.8. The molecule has 0 saturated heterocycles. The van der Waals surface area contributed by atoms with Crippen LogP contribution in [0, 0.1) is 17.8 Å². The Kier molecular flexibility index (Phi) is 13.7. The van der Waals surface area contributed by atoms with Gasteiger partial charge in [-0.25, -0.2) is 14.6 Å². The van der Waals surface area contributed by atoms with Gasteiger partial charge in [0.15, 0.2) is 0 Å². The molecule has 2 saturated carbocycles. The molecule has 11 nitrogen and oxygen atoms in total. The Balaban J connectivity index is 1.90. The maximum absolute atomic E-state index is 12.9. The Bertz CT molecular complexity index is 809. The van der Waals surface area contributed by atoms with Crippen LogP contribution in [-0.2, 0) is 19.1 Å². The molecule has 2 fully saturated rings. The molecule has 0 bridgehead atoms. The molecular weight excluding hydrogens is 514 g/mol. The molecule has 6 atom stereocenters. The van der Waals surface area contributed by atoms with Crippen LogP contribution in [0.15, 0.2) is 4.99 Å². The molecule has 0 aromatic rings. The van der Waals surface area contributed by atoms with E-state index in [1.165, 1.54) is 0 Å². The van der Waals surface area contributed by atoms with Crippen LogP contribution in [0.3, 0.4) is 0 Å². The number of guanidine groups is 1. The standard InChI is InChI=1S/C26H44ClN5O6/c1-5-21(18-11-16(4)12-19(27)13-18)30-22(33)15-28-23(34)17-9-8-10-20(14-17)29-24(31-25(35)37-6-2)32-26(36)38-7-3/h16-21H,5-15H2,1-4H3,(H,28,34)(H,30,33)(H2,29,31,32,35,36). The van der Waals surface area contributed by atoms with Crippen molar-refractivity contribution in [3.63, 3.8) is 0 Å². The molecule has 2 rings (SSSR count). The first-order valence-corrected chi connectivity index (χ1v) is 14.2. The molecule has 38 heavy (non-hydrogen) atoms. The summed E-state index contributed by atoms with van der Waals surface area (Å²) in [6.45, 7) is 7.79. The summed E-state index contributed by atoms with van der Waals surface area (Å²) in [5, 5.41) is 10.8. The maximum Gasteiger partial charge on any atom is 0.413 e. The average Bonchev–Trinajstić information content (AvgIpc) is 2.85. The van der Waals surface area contributed by atoms with E-state index in [2.05, 4.69) is 40.1 Å². The van der Waals surface area contributed by atoms with Crippen LogP contribution in [0.25, 0.3) is 0 Å². The van der Waals surface area contributed by atoms with E-state index in [0.29, 0.717) is 31.1 Å². The number of carbonyl (C=O) groups excluding carboxylic acids is 4. The molecule has 6 unspecified atom stereocenters. The molecule has 2 aliphatic rings. The number of hydrogen-bond donors (Lipinski definition) is 4. The number of carbonyl (C=O) groups is 4. The van der Waals surface area contributed by atoms with Gasteiger partial charge in [0.05, 0.1) is 25.8 Å². The molecule has 2 aliphatic carbocycles. The molecule has 4 N–H and O–H groups in total. The third kappa shape index (κ3) is 11.0. The van der Waals surface area contributed by atoms with Gasteiger partial charge >= 0.3 is 12.2 Å². The summed E-state index contributed by atoms with van der Waals surface area (Å²) in [6, 6.07) is -0.276. The van der Waals surface area contributed by atoms with E-state index < -0.39 is 12.2 Å². The van der Waals surface area contributed by atoms with E-state index in [4.69, 9.17) is 21.1 Å². The number of alkyl carbamates (subject to hydrolysis) is 2. The van der Waals surface area contributed by atoms with Gasteiger partial charge in [0.25, 0.3) is 0 Å². The van der Waals surface area contributed by atoms with Crippen LogP contribution < -0.4 is 21.3 Å². The highest BCUT2D eigenvalue weighted by molar-refractivity contribution is 6.20. The molecule has 0 spiro atoms. The molecule has 4 amide bonds. The van der Waals surface area contributed by atoms with Crippen LogP contribution >= 0.6 is 11.6 Å². The van der Waals surface area contributed by atoms with Crippen molar-refractivity contribution in [2.75, 3.05) is 19.8 Å². The van der Waals surface area contributed by atoms with Gasteiger partial charge in [-0.1, -0.05) is 20.3 Å². The SMILES string of the molecule is CCOC(=O)NC(=NC1CCCC(C(=O)NCC(=O)NC(CC)C2CC(C)CC(Cl)C2)C1)NC(=O)OCC. The van der Waals surface area contributed by atoms with E-state index >= 15 is 0 Å². The van der Waals surface area contributed by atoms with E-state index in [-0.39, 0.29) is 60.9 Å². The molecular formula is C26H44ClN5O6. The van der Waals surface area contributed by atoms with E-state index in [1.807, 2.05) is 0 Å². The summed E-state index contributed by atoms with van der Waals surface area (Å²) < 4.78 is 9.74. The van der Waals surface area contributed by atoms with Crippen molar-refractivity contribution in [2.24, 2.45) is 22.7 Å². The molecule has 216 valence electrons. The molecule has 12 heteroatoms. The number of amides is 4. The highest BCUT2D eigenvalue weighted by Gasteiger charge is 2.32. The number of rotatable bonds is 9. The minimum absolute atomic E-state index is 0.0361. The van der Waals surface area contributed by atoms with Gasteiger partial charge in [-0.2, -0.15) is 0 Å². The van der Waals surface area contributed by atoms with Gasteiger partial charge in [-0.15, -0.1) is 11.6 Å². The van der Waals surface area contributed by atoms with Crippen molar-refractivity contribution in [3.05, 3.63) is 0 Å². The monoisotopic (exact) mass is 557 g/mol. The first-order valence-electron chi connectivity index (χ1n) is 13.8. The van der Waals surface area contributed by atoms with Gasteiger partial charge in [0, 0.05) is 17.3 Å². The predicted octanol–water partition coefficient (Wildman–Crippen LogP) is 3.45. The smallest absolute Gasteiger partial charge is 0.413 e. The zero-order chi connectivity index (χ0) is 28.1. The van der Waals surface area contributed by atoms with Crippen LogP contribution in [0.4, 0.5) is 9.59 Å². The molecule has 0 aromatic carbocycles. The van der Waals surface area contributed by atoms with Crippen LogP contribution in [-0.4, -0.2) is 67.2 Å². The Morgan fingerprint density at radius 2 is 1.61 bits per heavy atom. The summed E-state index contributed by atoms with van der Waals surface area (Å²) in [5.74, 6) is 0.0230. The summed E-state index contributed by atoms with van der Waals surface area (Å²) in [4.78, 5) is 53.7. The second kappa shape index (κ2) is 16.4. The van der Waals surface area contributed by atoms with Crippen LogP contribution in [0.5, 0.6) is 0 Å². The lowest BCUT2D eigenvalue weighted by atomic mass is 9.77. The summed E-state index contributed by atoms with van der Waals surface area (Å²) in [7, 11) is 0. The zero-order valence-electron chi connectivity index (χ0n) is 23.0. The van der Waals surface area contributed by atoms with Crippen molar-refractivity contribution in [2.45, 2.75) is 96.5 Å². The number of nitrogens with zero attached hydrogens (tertiary/aromatic N) is 1. The van der Waals surface area contributed by atoms with Gasteiger partial charge in [0.1, 0.15) is 0 Å². The Morgan fingerprint density at radius 1 is 0.947 bits per heavy atom. The zero-order valence-corrected chi connectivity index (χ0v) is 23.8. The topological polar surface area (TPSA) is 147 Å². The number of ether oxygens (including phenoxy) is 2. The lowest BCUT2D eigenvalue weighted by Gasteiger charge is -2.35. The summed E-state index contributed by atoms with van der Waals surface area (Å²) in [5.41, 5.74) is 0. The second-order valence-electron chi connectivity index (χ2n) is 10.2. The molecule has 0 heterocycles. The Morgan fingerprint density at radius 3 is 2.18 bits per heavy atom. The summed E-state index contributed by atoms with van der Waals surface area (Å²) in [6.07, 6.45) is 4.73. The lowest BCUT2D eigenvalue weighted by molar-refractivity contribution is -0.129. The van der Waals surface area contributed by atoms with E-state index in [0.717, 1.165) is 32.1 Å².